The highest BCUT2D eigenvalue weighted by Crippen LogP contribution is 2.24. The van der Waals surface area contributed by atoms with E-state index in [-0.39, 0.29) is 0 Å². The Morgan fingerprint density at radius 2 is 2.35 bits per heavy atom. The molecule has 0 spiro atoms. The molecule has 0 fully saturated rings. The highest BCUT2D eigenvalue weighted by atomic mass is 79.9. The number of hydrogen-bond acceptors (Lipinski definition) is 4. The Kier molecular flexibility index (Phi) is 4.36. The van der Waals surface area contributed by atoms with Crippen molar-refractivity contribution in [1.82, 2.24) is 9.97 Å². The van der Waals surface area contributed by atoms with E-state index in [0.717, 1.165) is 16.0 Å². The fraction of sp³-hybridized carbons (Fsp3) is 0.273. The van der Waals surface area contributed by atoms with E-state index in [2.05, 4.69) is 38.1 Å². The van der Waals surface area contributed by atoms with E-state index in [0.29, 0.717) is 16.8 Å². The first-order chi connectivity index (χ1) is 8.16. The zero-order valence-corrected chi connectivity index (χ0v) is 12.3. The van der Waals surface area contributed by atoms with E-state index in [1.54, 1.807) is 17.5 Å². The quantitative estimate of drug-likeness (QED) is 0.913. The fourth-order valence-electron chi connectivity index (χ4n) is 1.36. The average Bonchev–Trinajstić information content (AvgIpc) is 2.81. The minimum atomic E-state index is 0.344. The summed E-state index contributed by atoms with van der Waals surface area (Å²) in [5, 5.41) is 6.95. The predicted molar refractivity (Wildman–Crippen MR) is 76.0 cm³/mol. The van der Waals surface area contributed by atoms with Crippen LogP contribution in [-0.4, -0.2) is 16.5 Å². The van der Waals surface area contributed by atoms with Gasteiger partial charge in [0.05, 0.1) is 10.0 Å². The third-order valence-corrected chi connectivity index (χ3v) is 3.99. The minimum absolute atomic E-state index is 0.344. The zero-order valence-electron chi connectivity index (χ0n) is 9.15. The van der Waals surface area contributed by atoms with Crippen molar-refractivity contribution in [1.29, 1.82) is 0 Å². The summed E-state index contributed by atoms with van der Waals surface area (Å²) in [4.78, 5) is 8.51. The highest BCUT2D eigenvalue weighted by molar-refractivity contribution is 9.10. The molecule has 3 nitrogen and oxygen atoms in total. The van der Waals surface area contributed by atoms with Gasteiger partial charge in [0.2, 0.25) is 0 Å². The van der Waals surface area contributed by atoms with Gasteiger partial charge in [-0.05, 0) is 22.0 Å². The van der Waals surface area contributed by atoms with E-state index in [1.165, 1.54) is 0 Å². The number of nitrogens with zero attached hydrogens (tertiary/aromatic N) is 2. The Labute approximate surface area is 117 Å². The molecule has 2 heterocycles. The molecule has 1 atom stereocenters. The molecule has 0 saturated carbocycles. The van der Waals surface area contributed by atoms with Crippen LogP contribution in [0, 0.1) is 0 Å². The normalized spacial score (nSPS) is 12.4. The van der Waals surface area contributed by atoms with Gasteiger partial charge < -0.3 is 5.32 Å². The molecule has 0 amide bonds. The molecule has 6 heteroatoms. The van der Waals surface area contributed by atoms with Crippen molar-refractivity contribution in [3.8, 4) is 0 Å². The summed E-state index contributed by atoms with van der Waals surface area (Å²) in [5.41, 5.74) is 0. The predicted octanol–water partition coefficient (Wildman–Crippen LogP) is 4.17. The lowest BCUT2D eigenvalue weighted by Crippen LogP contribution is -2.10. The highest BCUT2D eigenvalue weighted by Gasteiger charge is 2.09. The van der Waals surface area contributed by atoms with Crippen LogP contribution in [0.2, 0.25) is 5.02 Å². The summed E-state index contributed by atoms with van der Waals surface area (Å²) in [6.07, 6.45) is 3.55. The lowest BCUT2D eigenvalue weighted by molar-refractivity contribution is 0.792. The maximum atomic E-state index is 6.07. The van der Waals surface area contributed by atoms with Gasteiger partial charge in [0.15, 0.2) is 0 Å². The summed E-state index contributed by atoms with van der Waals surface area (Å²) >= 11 is 11.1. The van der Waals surface area contributed by atoms with Crippen LogP contribution >= 0.6 is 38.9 Å². The zero-order chi connectivity index (χ0) is 12.3. The lowest BCUT2D eigenvalue weighted by Gasteiger charge is -2.11. The van der Waals surface area contributed by atoms with Crippen molar-refractivity contribution in [3.63, 3.8) is 0 Å². The molecule has 1 N–H and O–H groups in total. The van der Waals surface area contributed by atoms with Gasteiger partial charge in [-0.15, -0.1) is 11.3 Å². The number of nitrogens with one attached hydrogen (secondary N) is 1. The van der Waals surface area contributed by atoms with Crippen molar-refractivity contribution in [2.75, 3.05) is 11.9 Å². The first kappa shape index (κ1) is 12.8. The van der Waals surface area contributed by atoms with Crippen LogP contribution < -0.4 is 5.32 Å². The van der Waals surface area contributed by atoms with Gasteiger partial charge in [-0.3, -0.25) is 0 Å². The van der Waals surface area contributed by atoms with Crippen molar-refractivity contribution >= 4 is 44.7 Å². The van der Waals surface area contributed by atoms with Gasteiger partial charge in [-0.25, -0.2) is 9.97 Å². The van der Waals surface area contributed by atoms with Crippen LogP contribution in [0.15, 0.2) is 28.3 Å². The Morgan fingerprint density at radius 1 is 1.53 bits per heavy atom. The molecule has 1 unspecified atom stereocenters. The van der Waals surface area contributed by atoms with Crippen molar-refractivity contribution < 1.29 is 0 Å². The maximum Gasteiger partial charge on any atom is 0.144 e. The molecule has 2 aromatic heterocycles. The second-order valence-electron chi connectivity index (χ2n) is 3.64. The smallest absolute Gasteiger partial charge is 0.144 e. The molecule has 0 aliphatic carbocycles. The van der Waals surface area contributed by atoms with Crippen molar-refractivity contribution in [2.24, 2.45) is 0 Å². The van der Waals surface area contributed by atoms with Gasteiger partial charge in [0.1, 0.15) is 5.82 Å². The Hall–Kier alpha value is -0.650. The molecule has 0 aliphatic rings. The summed E-state index contributed by atoms with van der Waals surface area (Å²) < 4.78 is 0.876. The molecule has 0 aliphatic heterocycles. The summed E-state index contributed by atoms with van der Waals surface area (Å²) in [5.74, 6) is 1.05. The van der Waals surface area contributed by atoms with Crippen LogP contribution in [0.3, 0.4) is 0 Å². The molecule has 0 saturated heterocycles. The second-order valence-corrected chi connectivity index (χ2v) is 5.89. The third kappa shape index (κ3) is 3.40. The molecule has 0 aromatic carbocycles. The van der Waals surface area contributed by atoms with E-state index in [9.17, 15) is 0 Å². The van der Waals surface area contributed by atoms with Crippen LogP contribution in [0.4, 0.5) is 5.82 Å². The monoisotopic (exact) mass is 331 g/mol. The van der Waals surface area contributed by atoms with Crippen LogP contribution in [-0.2, 0) is 0 Å². The molecular weight excluding hydrogens is 322 g/mol. The summed E-state index contributed by atoms with van der Waals surface area (Å²) in [6, 6.07) is 1.82. The van der Waals surface area contributed by atoms with Gasteiger partial charge in [-0.1, -0.05) is 18.5 Å². The first-order valence-electron chi connectivity index (χ1n) is 5.11. The maximum absolute atomic E-state index is 6.07. The lowest BCUT2D eigenvalue weighted by atomic mass is 10.2. The number of halogens is 2. The Morgan fingerprint density at radius 3 is 3.00 bits per heavy atom. The average molecular weight is 333 g/mol. The SMILES string of the molecule is CC(CNc1ncc(Br)cc1Cl)c1nccs1. The standard InChI is InChI=1S/C11H11BrClN3S/c1-7(11-14-2-3-17-11)5-15-10-9(13)4-8(12)6-16-10/h2-4,6-7H,5H2,1H3,(H,15,16). The van der Waals surface area contributed by atoms with Crippen molar-refractivity contribution in [3.05, 3.63) is 38.3 Å². The van der Waals surface area contributed by atoms with E-state index >= 15 is 0 Å². The van der Waals surface area contributed by atoms with Gasteiger partial charge in [0, 0.05) is 34.7 Å². The number of anilines is 1. The van der Waals surface area contributed by atoms with Crippen LogP contribution in [0.5, 0.6) is 0 Å². The molecule has 0 bridgehead atoms. The molecule has 0 radical (unpaired) electrons. The Bertz CT molecular complexity index is 489. The number of pyridine rings is 1. The van der Waals surface area contributed by atoms with Crippen LogP contribution in [0.1, 0.15) is 17.8 Å². The van der Waals surface area contributed by atoms with E-state index in [4.69, 9.17) is 11.6 Å². The number of thiazole rings is 1. The van der Waals surface area contributed by atoms with Gasteiger partial charge in [-0.2, -0.15) is 0 Å². The number of aromatic nitrogens is 2. The van der Waals surface area contributed by atoms with Crippen molar-refractivity contribution in [2.45, 2.75) is 12.8 Å². The molecule has 2 rings (SSSR count). The van der Waals surface area contributed by atoms with Crippen LogP contribution in [0.25, 0.3) is 0 Å². The molecule has 2 aromatic rings. The first-order valence-corrected chi connectivity index (χ1v) is 7.16. The third-order valence-electron chi connectivity index (χ3n) is 2.26. The molecule has 17 heavy (non-hydrogen) atoms. The topological polar surface area (TPSA) is 37.8 Å². The van der Waals surface area contributed by atoms with Gasteiger partial charge in [0.25, 0.3) is 0 Å². The Balaban J connectivity index is 1.98. The van der Waals surface area contributed by atoms with Gasteiger partial charge >= 0.3 is 0 Å². The minimum Gasteiger partial charge on any atom is -0.368 e. The number of hydrogen-bond donors (Lipinski definition) is 1. The summed E-state index contributed by atoms with van der Waals surface area (Å²) in [6.45, 7) is 2.89. The van der Waals surface area contributed by atoms with E-state index in [1.807, 2.05) is 17.6 Å². The molecule has 90 valence electrons. The fourth-order valence-corrected chi connectivity index (χ4v) is 2.75. The number of rotatable bonds is 4. The largest absolute Gasteiger partial charge is 0.368 e. The van der Waals surface area contributed by atoms with E-state index < -0.39 is 0 Å². The summed E-state index contributed by atoms with van der Waals surface area (Å²) in [7, 11) is 0. The molecular formula is C11H11BrClN3S. The second kappa shape index (κ2) is 5.80.